The summed E-state index contributed by atoms with van der Waals surface area (Å²) in [4.78, 5) is 12.2. The number of esters is 1. The number of carbonyl (C=O) groups excluding carboxylic acids is 1. The molecule has 302 valence electrons. The number of methoxy groups -OCH3 is 1. The van der Waals surface area contributed by atoms with E-state index in [2.05, 4.69) is 11.7 Å². The molecule has 8 atom stereocenters. The maximum Gasteiger partial charge on any atom is 0.460 e. The second kappa shape index (κ2) is 15.4. The molecule has 1 aromatic rings. The van der Waals surface area contributed by atoms with Crippen LogP contribution in [0.4, 0.5) is 43.9 Å². The average molecular weight is 775 g/mol. The van der Waals surface area contributed by atoms with Crippen molar-refractivity contribution in [3.63, 3.8) is 0 Å². The van der Waals surface area contributed by atoms with Gasteiger partial charge in [0.15, 0.2) is 0 Å². The molecule has 0 bridgehead atoms. The Labute approximate surface area is 304 Å². The van der Waals surface area contributed by atoms with Crippen molar-refractivity contribution < 1.29 is 63.6 Å². The summed E-state index contributed by atoms with van der Waals surface area (Å²) in [6, 6.07) is 5.09. The monoisotopic (exact) mass is 774 g/mol. The standard InChI is InChI=1S/C39H52F10O4/c1-34-18-16-26-25-15-14-24(50)21-28(25)32(40)27(31(26)29(34)22-30(51)35(34)19-20-35)13-9-7-5-3-4-6-8-11-23(33(52)53-2)12-10-17-36(41,42)37(43,44)38(45,46)39(47,48)49/h14-15,21,23,26-27,29-32,50-51H,3-13,16-20,22H2,1-2H3/t23?,26?,27-,29?,30+,31?,32+,34-/m0/s1. The fourth-order valence-electron chi connectivity index (χ4n) is 10.7. The minimum atomic E-state index is -6.94. The van der Waals surface area contributed by atoms with Crippen molar-refractivity contribution in [2.45, 2.75) is 158 Å². The number of aliphatic hydroxyl groups is 1. The summed E-state index contributed by atoms with van der Waals surface area (Å²) < 4.78 is 140. The zero-order valence-electron chi connectivity index (χ0n) is 30.3. The molecule has 0 aliphatic heterocycles. The number of unbranched alkanes of at least 4 members (excludes halogenated alkanes) is 6. The molecule has 4 nitrogen and oxygen atoms in total. The van der Waals surface area contributed by atoms with Crippen molar-refractivity contribution in [1.29, 1.82) is 0 Å². The van der Waals surface area contributed by atoms with E-state index in [1.54, 1.807) is 12.1 Å². The van der Waals surface area contributed by atoms with Gasteiger partial charge in [0.1, 0.15) is 11.9 Å². The molecule has 2 N–H and O–H groups in total. The van der Waals surface area contributed by atoms with Crippen LogP contribution in [0.1, 0.15) is 139 Å². The normalized spacial score (nSPS) is 30.1. The molecule has 3 saturated carbocycles. The summed E-state index contributed by atoms with van der Waals surface area (Å²) in [5.41, 5.74) is 1.52. The SMILES string of the molecule is COC(=O)C(CCCCCCCCC[C@H]1C2C(CC[C@@]3(C)C2C[C@@H](O)C32CC2)c2ccc(O)cc2[C@@H]1F)CCCC(F)(F)C(F)(F)C(F)(F)C(F)(F)F. The lowest BCUT2D eigenvalue weighted by Crippen LogP contribution is -2.60. The van der Waals surface area contributed by atoms with Crippen LogP contribution in [0.2, 0.25) is 0 Å². The lowest BCUT2D eigenvalue weighted by molar-refractivity contribution is -0.396. The summed E-state index contributed by atoms with van der Waals surface area (Å²) in [6.07, 6.45) is -1.01. The Morgan fingerprint density at radius 2 is 1.47 bits per heavy atom. The predicted octanol–water partition coefficient (Wildman–Crippen LogP) is 11.6. The number of phenolic OH excluding ortho intramolecular Hbond substituents is 1. The molecule has 4 unspecified atom stereocenters. The van der Waals surface area contributed by atoms with Gasteiger partial charge in [0, 0.05) is 11.8 Å². The number of rotatable bonds is 17. The Morgan fingerprint density at radius 1 is 0.868 bits per heavy atom. The summed E-state index contributed by atoms with van der Waals surface area (Å²) >= 11 is 0. The number of halogens is 10. The molecule has 1 aromatic carbocycles. The fourth-order valence-corrected chi connectivity index (χ4v) is 10.7. The van der Waals surface area contributed by atoms with Crippen LogP contribution >= 0.6 is 0 Å². The van der Waals surface area contributed by atoms with Crippen LogP contribution in [0.25, 0.3) is 0 Å². The molecule has 0 aromatic heterocycles. The van der Waals surface area contributed by atoms with Crippen LogP contribution in [0, 0.1) is 34.5 Å². The molecule has 53 heavy (non-hydrogen) atoms. The van der Waals surface area contributed by atoms with Crippen LogP contribution in [0.5, 0.6) is 5.75 Å². The number of carbonyl (C=O) groups is 1. The highest BCUT2D eigenvalue weighted by Crippen LogP contribution is 2.77. The number of alkyl halides is 10. The number of ether oxygens (including phenoxy) is 1. The van der Waals surface area contributed by atoms with Crippen LogP contribution in [-0.2, 0) is 9.53 Å². The van der Waals surface area contributed by atoms with E-state index in [9.17, 15) is 54.5 Å². The minimum Gasteiger partial charge on any atom is -0.508 e. The third kappa shape index (κ3) is 7.53. The fraction of sp³-hybridized carbons (Fsp3) is 0.821. The van der Waals surface area contributed by atoms with Gasteiger partial charge in [-0.05, 0) is 110 Å². The van der Waals surface area contributed by atoms with Gasteiger partial charge < -0.3 is 14.9 Å². The highest BCUT2D eigenvalue weighted by molar-refractivity contribution is 5.72. The lowest BCUT2D eigenvalue weighted by Gasteiger charge is -2.54. The highest BCUT2D eigenvalue weighted by Gasteiger charge is 2.81. The molecule has 4 aliphatic carbocycles. The number of benzene rings is 1. The summed E-state index contributed by atoms with van der Waals surface area (Å²) in [5, 5.41) is 21.4. The summed E-state index contributed by atoms with van der Waals surface area (Å²) in [5.74, 6) is -20.7. The molecule has 5 rings (SSSR count). The first-order valence-corrected chi connectivity index (χ1v) is 19.1. The van der Waals surface area contributed by atoms with E-state index >= 15 is 4.39 Å². The van der Waals surface area contributed by atoms with E-state index in [0.29, 0.717) is 31.2 Å². The topological polar surface area (TPSA) is 66.8 Å². The predicted molar refractivity (Wildman–Crippen MR) is 177 cm³/mol. The van der Waals surface area contributed by atoms with Crippen molar-refractivity contribution >= 4 is 5.97 Å². The van der Waals surface area contributed by atoms with Crippen LogP contribution < -0.4 is 0 Å². The molecular weight excluding hydrogens is 722 g/mol. The second-order valence-corrected chi connectivity index (χ2v) is 16.5. The van der Waals surface area contributed by atoms with Gasteiger partial charge in [0.05, 0.1) is 19.1 Å². The Balaban J connectivity index is 1.07. The van der Waals surface area contributed by atoms with Crippen molar-refractivity contribution in [1.82, 2.24) is 0 Å². The van der Waals surface area contributed by atoms with E-state index in [1.165, 1.54) is 0 Å². The van der Waals surface area contributed by atoms with Gasteiger partial charge in [-0.3, -0.25) is 4.79 Å². The summed E-state index contributed by atoms with van der Waals surface area (Å²) in [7, 11) is 1.04. The molecular formula is C39H52F10O4. The van der Waals surface area contributed by atoms with Gasteiger partial charge in [-0.15, -0.1) is 0 Å². The molecule has 1 spiro atoms. The number of fused-ring (bicyclic) bond motifs is 6. The number of phenols is 1. The van der Waals surface area contributed by atoms with E-state index in [4.69, 9.17) is 0 Å². The number of hydrogen-bond acceptors (Lipinski definition) is 4. The number of aromatic hydroxyl groups is 1. The van der Waals surface area contributed by atoms with Crippen molar-refractivity contribution in [3.8, 4) is 5.75 Å². The van der Waals surface area contributed by atoms with E-state index in [1.807, 2.05) is 6.07 Å². The molecule has 4 aliphatic rings. The molecule has 0 saturated heterocycles. The largest absolute Gasteiger partial charge is 0.508 e. The molecule has 0 radical (unpaired) electrons. The Hall–Kier alpha value is -2.25. The maximum atomic E-state index is 16.5. The third-order valence-electron chi connectivity index (χ3n) is 13.8. The smallest absolute Gasteiger partial charge is 0.460 e. The van der Waals surface area contributed by atoms with Crippen LogP contribution in [0.15, 0.2) is 18.2 Å². The molecule has 0 heterocycles. The third-order valence-corrected chi connectivity index (χ3v) is 13.8. The van der Waals surface area contributed by atoms with Gasteiger partial charge in [0.25, 0.3) is 0 Å². The Morgan fingerprint density at radius 3 is 2.08 bits per heavy atom. The van der Waals surface area contributed by atoms with Crippen LogP contribution in [-0.4, -0.2) is 53.3 Å². The Kier molecular flexibility index (Phi) is 12.1. The van der Waals surface area contributed by atoms with Gasteiger partial charge in [-0.25, -0.2) is 4.39 Å². The van der Waals surface area contributed by atoms with Gasteiger partial charge >= 0.3 is 29.9 Å². The average Bonchev–Trinajstić information content (AvgIpc) is 3.87. The van der Waals surface area contributed by atoms with Gasteiger partial charge in [-0.2, -0.15) is 39.5 Å². The van der Waals surface area contributed by atoms with Crippen molar-refractivity contribution in [2.75, 3.05) is 7.11 Å². The number of aliphatic hydroxyl groups excluding tert-OH is 1. The van der Waals surface area contributed by atoms with Crippen LogP contribution in [0.3, 0.4) is 0 Å². The Bertz CT molecular complexity index is 1430. The zero-order chi connectivity index (χ0) is 39.2. The van der Waals surface area contributed by atoms with E-state index in [0.717, 1.165) is 70.5 Å². The van der Waals surface area contributed by atoms with Gasteiger partial charge in [-0.1, -0.05) is 57.9 Å². The molecule has 3 fully saturated rings. The lowest BCUT2D eigenvalue weighted by atomic mass is 9.50. The summed E-state index contributed by atoms with van der Waals surface area (Å²) in [6.45, 7) is 2.31. The van der Waals surface area contributed by atoms with E-state index in [-0.39, 0.29) is 52.8 Å². The maximum absolute atomic E-state index is 16.5. The van der Waals surface area contributed by atoms with Crippen molar-refractivity contribution in [3.05, 3.63) is 29.3 Å². The first-order chi connectivity index (χ1) is 24.7. The molecule has 14 heteroatoms. The van der Waals surface area contributed by atoms with Gasteiger partial charge in [0.2, 0.25) is 0 Å². The second-order valence-electron chi connectivity index (χ2n) is 16.5. The minimum absolute atomic E-state index is 0.0129. The first kappa shape index (κ1) is 41.9. The quantitative estimate of drug-likeness (QED) is 0.0940. The highest BCUT2D eigenvalue weighted by atomic mass is 19.4. The van der Waals surface area contributed by atoms with Crippen molar-refractivity contribution in [2.24, 2.45) is 34.5 Å². The number of hydrogen-bond donors (Lipinski definition) is 2. The molecule has 0 amide bonds. The van der Waals surface area contributed by atoms with E-state index < -0.39 is 61.3 Å². The zero-order valence-corrected chi connectivity index (χ0v) is 30.3. The first-order valence-electron chi connectivity index (χ1n) is 19.1.